The van der Waals surface area contributed by atoms with Crippen LogP contribution >= 0.6 is 0 Å². The number of amidine groups is 1. The Bertz CT molecular complexity index is 917. The molecule has 162 valence electrons. The minimum atomic E-state index is -2.83. The van der Waals surface area contributed by atoms with Gasteiger partial charge in [0.1, 0.15) is 28.6 Å². The lowest BCUT2D eigenvalue weighted by Gasteiger charge is -2.46. The fraction of sp³-hybridized carbons (Fsp3) is 0.350. The number of hydrogen-bond donors (Lipinski definition) is 3. The minimum Gasteiger partial charge on any atom is -0.458 e. The molecule has 1 aliphatic carbocycles. The normalized spacial score (nSPS) is 18.1. The largest absolute Gasteiger partial charge is 0.458 e. The Balaban J connectivity index is 2.11. The smallest absolute Gasteiger partial charge is 0.287 e. The Morgan fingerprint density at radius 2 is 2.03 bits per heavy atom. The second-order valence-electron chi connectivity index (χ2n) is 6.84. The van der Waals surface area contributed by atoms with Crippen LogP contribution in [0.4, 0.5) is 28.9 Å². The Morgan fingerprint density at radius 1 is 1.37 bits per heavy atom. The highest BCUT2D eigenvalue weighted by molar-refractivity contribution is 6.45. The van der Waals surface area contributed by atoms with Crippen LogP contribution in [0.2, 0.25) is 0 Å². The standard InChI is InChI=1S/C20H22F4N4O2/c1-3-12(21)5-8-15(25)17(29)27-13-6-7-14(22)16(9-13)28-18(26)30-19(4-2)10-20(23,24)11-19/h3,5-9,25H,4,10-11H2,1-2H3,(H2,26,28)(H,27,29)/b8-5-,12-3+,25-15?. The van der Waals surface area contributed by atoms with Crippen molar-refractivity contribution in [3.8, 4) is 0 Å². The second kappa shape index (κ2) is 9.10. The molecule has 1 saturated carbocycles. The number of ether oxygens (including phenoxy) is 1. The van der Waals surface area contributed by atoms with E-state index in [-0.39, 0.29) is 17.8 Å². The van der Waals surface area contributed by atoms with Crippen molar-refractivity contribution in [3.63, 3.8) is 0 Å². The van der Waals surface area contributed by atoms with Crippen LogP contribution in [0.25, 0.3) is 0 Å². The number of rotatable bonds is 7. The molecule has 0 aliphatic heterocycles. The number of amides is 1. The van der Waals surface area contributed by atoms with E-state index in [1.54, 1.807) is 6.92 Å². The predicted molar refractivity (Wildman–Crippen MR) is 106 cm³/mol. The number of hydrogen-bond acceptors (Lipinski definition) is 4. The van der Waals surface area contributed by atoms with Crippen molar-refractivity contribution in [2.75, 3.05) is 5.32 Å². The van der Waals surface area contributed by atoms with E-state index < -0.39 is 53.6 Å². The Hall–Kier alpha value is -3.17. The summed E-state index contributed by atoms with van der Waals surface area (Å²) in [4.78, 5) is 15.8. The van der Waals surface area contributed by atoms with Crippen molar-refractivity contribution in [3.05, 3.63) is 48.1 Å². The van der Waals surface area contributed by atoms with Gasteiger partial charge in [0.15, 0.2) is 0 Å². The van der Waals surface area contributed by atoms with Gasteiger partial charge in [0.25, 0.3) is 17.9 Å². The lowest BCUT2D eigenvalue weighted by molar-refractivity contribution is -0.198. The van der Waals surface area contributed by atoms with Gasteiger partial charge in [-0.3, -0.25) is 10.2 Å². The van der Waals surface area contributed by atoms with Crippen LogP contribution in [0.15, 0.2) is 47.2 Å². The van der Waals surface area contributed by atoms with Crippen molar-refractivity contribution in [1.29, 1.82) is 5.41 Å². The van der Waals surface area contributed by atoms with Gasteiger partial charge in [-0.05, 0) is 43.7 Å². The van der Waals surface area contributed by atoms with Crippen LogP contribution in [0, 0.1) is 11.2 Å². The molecule has 4 N–H and O–H groups in total. The van der Waals surface area contributed by atoms with Crippen molar-refractivity contribution in [2.45, 2.75) is 44.6 Å². The monoisotopic (exact) mass is 426 g/mol. The average Bonchev–Trinajstić information content (AvgIpc) is 2.66. The number of allylic oxidation sites excluding steroid dienone is 3. The van der Waals surface area contributed by atoms with E-state index in [0.717, 1.165) is 30.4 Å². The molecule has 0 aromatic heterocycles. The van der Waals surface area contributed by atoms with Gasteiger partial charge >= 0.3 is 0 Å². The second-order valence-corrected chi connectivity index (χ2v) is 6.84. The zero-order valence-corrected chi connectivity index (χ0v) is 16.4. The molecule has 1 aliphatic rings. The van der Waals surface area contributed by atoms with E-state index in [4.69, 9.17) is 15.9 Å². The highest BCUT2D eigenvalue weighted by atomic mass is 19.3. The zero-order chi connectivity index (χ0) is 22.5. The summed E-state index contributed by atoms with van der Waals surface area (Å²) in [7, 11) is 0. The number of carbonyl (C=O) groups is 1. The molecule has 1 aromatic rings. The highest BCUT2D eigenvalue weighted by Crippen LogP contribution is 2.49. The Labute approximate surface area is 171 Å². The lowest BCUT2D eigenvalue weighted by atomic mass is 9.74. The van der Waals surface area contributed by atoms with E-state index in [1.807, 2.05) is 0 Å². The van der Waals surface area contributed by atoms with Crippen molar-refractivity contribution >= 4 is 29.0 Å². The van der Waals surface area contributed by atoms with E-state index in [2.05, 4.69) is 10.3 Å². The van der Waals surface area contributed by atoms with Gasteiger partial charge in [0.05, 0.1) is 12.8 Å². The molecule has 1 aromatic carbocycles. The average molecular weight is 426 g/mol. The van der Waals surface area contributed by atoms with E-state index in [0.29, 0.717) is 0 Å². The molecule has 6 nitrogen and oxygen atoms in total. The molecule has 0 bridgehead atoms. The molecule has 1 fully saturated rings. The van der Waals surface area contributed by atoms with Crippen molar-refractivity contribution in [1.82, 2.24) is 0 Å². The first-order valence-corrected chi connectivity index (χ1v) is 9.09. The topological polar surface area (TPSA) is 101 Å². The molecule has 0 spiro atoms. The van der Waals surface area contributed by atoms with E-state index in [1.165, 1.54) is 13.0 Å². The van der Waals surface area contributed by atoms with Crippen LogP contribution in [0.3, 0.4) is 0 Å². The molecule has 2 rings (SSSR count). The first-order valence-electron chi connectivity index (χ1n) is 9.09. The fourth-order valence-electron chi connectivity index (χ4n) is 2.86. The number of alkyl halides is 2. The number of nitrogens with two attached hydrogens (primary N) is 1. The number of nitrogens with zero attached hydrogens (tertiary/aromatic N) is 1. The maximum absolute atomic E-state index is 14.1. The molecule has 0 radical (unpaired) electrons. The summed E-state index contributed by atoms with van der Waals surface area (Å²) < 4.78 is 58.9. The maximum atomic E-state index is 14.1. The maximum Gasteiger partial charge on any atom is 0.287 e. The first kappa shape index (κ1) is 23.1. The van der Waals surface area contributed by atoms with Gasteiger partial charge in [-0.1, -0.05) is 13.0 Å². The van der Waals surface area contributed by atoms with Crippen LogP contribution in [0.5, 0.6) is 0 Å². The highest BCUT2D eigenvalue weighted by Gasteiger charge is 2.57. The number of aliphatic imine (C=N–C) groups is 1. The fourth-order valence-corrected chi connectivity index (χ4v) is 2.86. The van der Waals surface area contributed by atoms with Gasteiger partial charge in [0, 0.05) is 5.69 Å². The molecule has 0 atom stereocenters. The summed E-state index contributed by atoms with van der Waals surface area (Å²) in [5.41, 5.74) is 3.79. The van der Waals surface area contributed by atoms with Gasteiger partial charge in [-0.25, -0.2) is 17.6 Å². The quantitative estimate of drug-likeness (QED) is 0.254. The van der Waals surface area contributed by atoms with Gasteiger partial charge < -0.3 is 15.8 Å². The summed E-state index contributed by atoms with van der Waals surface area (Å²) in [5.74, 6) is -5.09. The zero-order valence-electron chi connectivity index (χ0n) is 16.4. The molecule has 10 heteroatoms. The summed E-state index contributed by atoms with van der Waals surface area (Å²) >= 11 is 0. The van der Waals surface area contributed by atoms with Crippen LogP contribution in [0.1, 0.15) is 33.1 Å². The van der Waals surface area contributed by atoms with Crippen molar-refractivity contribution in [2.24, 2.45) is 10.7 Å². The number of nitrogens with one attached hydrogen (secondary N) is 2. The number of carbonyl (C=O) groups excluding carboxylic acids is 1. The van der Waals surface area contributed by atoms with Crippen molar-refractivity contribution < 1.29 is 27.1 Å². The predicted octanol–water partition coefficient (Wildman–Crippen LogP) is 4.75. The van der Waals surface area contributed by atoms with E-state index >= 15 is 0 Å². The van der Waals surface area contributed by atoms with Crippen LogP contribution in [-0.2, 0) is 9.53 Å². The first-order chi connectivity index (χ1) is 14.0. The number of halogens is 4. The SMILES string of the molecule is C/C=C(F)\C=C/C(=N)C(=O)Nc1ccc(F)c(/N=C(/N)OC2(CC)CC(F)(F)C2)c1. The van der Waals surface area contributed by atoms with E-state index in [9.17, 15) is 22.4 Å². The number of anilines is 1. The molecular weight excluding hydrogens is 404 g/mol. The third kappa shape index (κ3) is 5.91. The molecular formula is C20H22F4N4O2. The van der Waals surface area contributed by atoms with Crippen LogP contribution < -0.4 is 11.1 Å². The molecule has 1 amide bonds. The van der Waals surface area contributed by atoms with Crippen LogP contribution in [-0.4, -0.2) is 29.2 Å². The Kier molecular flexibility index (Phi) is 7.01. The Morgan fingerprint density at radius 3 is 2.60 bits per heavy atom. The minimum absolute atomic E-state index is 0.0954. The summed E-state index contributed by atoms with van der Waals surface area (Å²) in [6, 6.07) is 2.90. The van der Waals surface area contributed by atoms with Gasteiger partial charge in [0.2, 0.25) is 0 Å². The van der Waals surface area contributed by atoms with Gasteiger partial charge in [-0.2, -0.15) is 4.99 Å². The lowest BCUT2D eigenvalue weighted by Crippen LogP contribution is -2.54. The summed E-state index contributed by atoms with van der Waals surface area (Å²) in [5, 5.41) is 9.95. The number of benzene rings is 1. The molecule has 0 unspecified atom stereocenters. The molecule has 0 heterocycles. The molecule has 30 heavy (non-hydrogen) atoms. The summed E-state index contributed by atoms with van der Waals surface area (Å²) in [6.07, 6.45) is 2.35. The third-order valence-corrected chi connectivity index (χ3v) is 4.49. The third-order valence-electron chi connectivity index (χ3n) is 4.49. The molecule has 0 saturated heterocycles. The van der Waals surface area contributed by atoms with Gasteiger partial charge in [-0.15, -0.1) is 0 Å². The summed E-state index contributed by atoms with van der Waals surface area (Å²) in [6.45, 7) is 3.13.